The van der Waals surface area contributed by atoms with E-state index in [-0.39, 0.29) is 12.5 Å². The number of ether oxygens (including phenoxy) is 1. The van der Waals surface area contributed by atoms with Crippen LogP contribution in [-0.2, 0) is 11.3 Å². The molecular weight excluding hydrogens is 250 g/mol. The lowest BCUT2D eigenvalue weighted by molar-refractivity contribution is -0.118. The Bertz CT molecular complexity index is 569. The van der Waals surface area contributed by atoms with Gasteiger partial charge in [0, 0.05) is 11.1 Å². The number of hydrogen-bond donors (Lipinski definition) is 2. The maximum atomic E-state index is 11.2. The van der Waals surface area contributed by atoms with Gasteiger partial charge >= 0.3 is 0 Å². The Morgan fingerprint density at radius 3 is 3.28 bits per heavy atom. The van der Waals surface area contributed by atoms with E-state index < -0.39 is 0 Å². The van der Waals surface area contributed by atoms with E-state index in [1.54, 1.807) is 16.8 Å². The van der Waals surface area contributed by atoms with Crippen molar-refractivity contribution in [2.75, 3.05) is 17.2 Å². The summed E-state index contributed by atoms with van der Waals surface area (Å²) in [7, 11) is 0. The first-order valence-corrected chi connectivity index (χ1v) is 6.43. The van der Waals surface area contributed by atoms with Crippen LogP contribution in [0.3, 0.4) is 0 Å². The molecule has 92 valence electrons. The van der Waals surface area contributed by atoms with Gasteiger partial charge in [0.1, 0.15) is 5.75 Å². The molecule has 0 radical (unpaired) electrons. The Kier molecular flexibility index (Phi) is 2.85. The third kappa shape index (κ3) is 2.28. The molecule has 0 unspecified atom stereocenters. The maximum Gasteiger partial charge on any atom is 0.262 e. The zero-order valence-corrected chi connectivity index (χ0v) is 10.3. The molecule has 1 aromatic heterocycles. The molecule has 0 fully saturated rings. The smallest absolute Gasteiger partial charge is 0.262 e. The number of fused-ring (bicyclic) bond motifs is 1. The average Bonchev–Trinajstić information content (AvgIpc) is 2.89. The van der Waals surface area contributed by atoms with Crippen molar-refractivity contribution < 1.29 is 9.53 Å². The van der Waals surface area contributed by atoms with Crippen LogP contribution in [0.1, 0.15) is 5.69 Å². The molecule has 1 aliphatic rings. The van der Waals surface area contributed by atoms with Crippen molar-refractivity contribution in [3.8, 4) is 5.75 Å². The number of rotatable bonds is 3. The lowest BCUT2D eigenvalue weighted by Gasteiger charge is -2.18. The van der Waals surface area contributed by atoms with Crippen molar-refractivity contribution in [2.24, 2.45) is 0 Å². The second-order valence-electron chi connectivity index (χ2n) is 3.88. The Labute approximate surface area is 108 Å². The quantitative estimate of drug-likeness (QED) is 0.888. The summed E-state index contributed by atoms with van der Waals surface area (Å²) in [5.41, 5.74) is 4.43. The summed E-state index contributed by atoms with van der Waals surface area (Å²) in [5.74, 6) is 0.577. The van der Waals surface area contributed by atoms with E-state index in [2.05, 4.69) is 15.6 Å². The number of carbonyl (C=O) groups excluding carboxylic acids is 1. The number of aromatic nitrogens is 1. The van der Waals surface area contributed by atoms with Crippen LogP contribution in [0.5, 0.6) is 5.75 Å². The summed E-state index contributed by atoms with van der Waals surface area (Å²) in [5, 5.41) is 8.02. The van der Waals surface area contributed by atoms with Gasteiger partial charge in [-0.15, -0.1) is 11.3 Å². The first kappa shape index (κ1) is 11.0. The minimum absolute atomic E-state index is 0.0819. The fourth-order valence-corrected chi connectivity index (χ4v) is 2.27. The van der Waals surface area contributed by atoms with Gasteiger partial charge in [0.05, 0.1) is 23.4 Å². The highest BCUT2D eigenvalue weighted by atomic mass is 32.1. The summed E-state index contributed by atoms with van der Waals surface area (Å²) in [6.45, 7) is 0.746. The second kappa shape index (κ2) is 4.66. The van der Waals surface area contributed by atoms with E-state index >= 15 is 0 Å². The monoisotopic (exact) mass is 261 g/mol. The largest absolute Gasteiger partial charge is 0.482 e. The van der Waals surface area contributed by atoms with Gasteiger partial charge in [-0.25, -0.2) is 4.98 Å². The molecule has 0 spiro atoms. The van der Waals surface area contributed by atoms with Crippen LogP contribution in [0.2, 0.25) is 0 Å². The number of amides is 1. The van der Waals surface area contributed by atoms with E-state index in [9.17, 15) is 4.79 Å². The zero-order valence-electron chi connectivity index (χ0n) is 9.47. The molecule has 0 atom stereocenters. The van der Waals surface area contributed by atoms with E-state index in [0.29, 0.717) is 18.0 Å². The molecule has 0 saturated heterocycles. The van der Waals surface area contributed by atoms with Crippen LogP contribution in [0, 0.1) is 0 Å². The molecule has 3 rings (SSSR count). The standard InChI is InChI=1S/C12H11N3O2S/c16-12-5-17-11-2-1-8(3-10(11)15-12)13-4-9-6-18-7-14-9/h1-3,6-7,13H,4-5H2,(H,15,16). The minimum atomic E-state index is -0.126. The molecule has 1 aliphatic heterocycles. The van der Waals surface area contributed by atoms with Crippen molar-refractivity contribution in [3.63, 3.8) is 0 Å². The molecule has 2 aromatic rings. The van der Waals surface area contributed by atoms with Gasteiger partial charge in [0.15, 0.2) is 6.61 Å². The van der Waals surface area contributed by atoms with Crippen molar-refractivity contribution >= 4 is 28.6 Å². The zero-order chi connectivity index (χ0) is 12.4. The first-order chi connectivity index (χ1) is 8.81. The predicted molar refractivity (Wildman–Crippen MR) is 70.0 cm³/mol. The Morgan fingerprint density at radius 1 is 1.50 bits per heavy atom. The summed E-state index contributed by atoms with van der Waals surface area (Å²) >= 11 is 1.57. The van der Waals surface area contributed by atoms with E-state index in [4.69, 9.17) is 4.74 Å². The summed E-state index contributed by atoms with van der Waals surface area (Å²) < 4.78 is 5.29. The average molecular weight is 261 g/mol. The molecule has 0 bridgehead atoms. The fourth-order valence-electron chi connectivity index (χ4n) is 1.71. The van der Waals surface area contributed by atoms with E-state index in [0.717, 1.165) is 11.4 Å². The molecule has 6 heteroatoms. The summed E-state index contributed by atoms with van der Waals surface area (Å²) in [4.78, 5) is 15.4. The van der Waals surface area contributed by atoms with Gasteiger partial charge in [0.2, 0.25) is 0 Å². The molecule has 1 amide bonds. The van der Waals surface area contributed by atoms with Crippen LogP contribution < -0.4 is 15.4 Å². The highest BCUT2D eigenvalue weighted by molar-refractivity contribution is 7.07. The Balaban J connectivity index is 1.73. The maximum absolute atomic E-state index is 11.2. The summed E-state index contributed by atoms with van der Waals surface area (Å²) in [6, 6.07) is 5.62. The van der Waals surface area contributed by atoms with Crippen molar-refractivity contribution in [2.45, 2.75) is 6.54 Å². The first-order valence-electron chi connectivity index (χ1n) is 5.49. The number of benzene rings is 1. The Morgan fingerprint density at radius 2 is 2.44 bits per heavy atom. The van der Waals surface area contributed by atoms with Crippen LogP contribution in [0.4, 0.5) is 11.4 Å². The molecule has 0 saturated carbocycles. The van der Waals surface area contributed by atoms with Gasteiger partial charge in [-0.3, -0.25) is 4.79 Å². The normalized spacial score (nSPS) is 13.4. The fraction of sp³-hybridized carbons (Fsp3) is 0.167. The molecular formula is C12H11N3O2S. The van der Waals surface area contributed by atoms with Gasteiger partial charge in [0.25, 0.3) is 5.91 Å². The summed E-state index contributed by atoms with van der Waals surface area (Å²) in [6.07, 6.45) is 0. The predicted octanol–water partition coefficient (Wildman–Crippen LogP) is 2.09. The highest BCUT2D eigenvalue weighted by Crippen LogP contribution is 2.30. The van der Waals surface area contributed by atoms with Crippen molar-refractivity contribution in [1.82, 2.24) is 4.98 Å². The van der Waals surface area contributed by atoms with Crippen LogP contribution in [0.25, 0.3) is 0 Å². The molecule has 1 aromatic carbocycles. The second-order valence-corrected chi connectivity index (χ2v) is 4.60. The van der Waals surface area contributed by atoms with Crippen LogP contribution in [-0.4, -0.2) is 17.5 Å². The SMILES string of the molecule is O=C1COc2ccc(NCc3cscn3)cc2N1. The third-order valence-electron chi connectivity index (χ3n) is 2.57. The number of hydrogen-bond acceptors (Lipinski definition) is 5. The lowest BCUT2D eigenvalue weighted by atomic mass is 10.2. The van der Waals surface area contributed by atoms with Gasteiger partial charge in [-0.05, 0) is 18.2 Å². The molecule has 18 heavy (non-hydrogen) atoms. The van der Waals surface area contributed by atoms with E-state index in [1.165, 1.54) is 0 Å². The van der Waals surface area contributed by atoms with Crippen molar-refractivity contribution in [3.05, 3.63) is 34.8 Å². The van der Waals surface area contributed by atoms with Crippen molar-refractivity contribution in [1.29, 1.82) is 0 Å². The van der Waals surface area contributed by atoms with Gasteiger partial charge < -0.3 is 15.4 Å². The topological polar surface area (TPSA) is 63.2 Å². The van der Waals surface area contributed by atoms with Gasteiger partial charge in [-0.2, -0.15) is 0 Å². The molecule has 5 nitrogen and oxygen atoms in total. The number of anilines is 2. The van der Waals surface area contributed by atoms with E-state index in [1.807, 2.05) is 23.6 Å². The minimum Gasteiger partial charge on any atom is -0.482 e. The Hall–Kier alpha value is -2.08. The van der Waals surface area contributed by atoms with Crippen LogP contribution >= 0.6 is 11.3 Å². The van der Waals surface area contributed by atoms with Gasteiger partial charge in [-0.1, -0.05) is 0 Å². The molecule has 2 heterocycles. The molecule has 0 aliphatic carbocycles. The third-order valence-corrected chi connectivity index (χ3v) is 3.20. The highest BCUT2D eigenvalue weighted by Gasteiger charge is 2.15. The lowest BCUT2D eigenvalue weighted by Crippen LogP contribution is -2.25. The number of thiazole rings is 1. The van der Waals surface area contributed by atoms with Crippen LogP contribution in [0.15, 0.2) is 29.1 Å². The number of nitrogens with zero attached hydrogens (tertiary/aromatic N) is 1. The molecule has 2 N–H and O–H groups in total. The number of nitrogens with one attached hydrogen (secondary N) is 2. The number of carbonyl (C=O) groups is 1.